The minimum atomic E-state index is -3.55. The highest BCUT2D eigenvalue weighted by Gasteiger charge is 2.31. The average Bonchev–Trinajstić information content (AvgIpc) is 3.04. The number of hydrogen-bond donors (Lipinski definition) is 1. The Labute approximate surface area is 151 Å². The van der Waals surface area contributed by atoms with E-state index in [0.29, 0.717) is 31.6 Å². The first kappa shape index (κ1) is 18.3. The Morgan fingerprint density at radius 1 is 1.31 bits per heavy atom. The van der Waals surface area contributed by atoms with Crippen LogP contribution in [0.25, 0.3) is 0 Å². The van der Waals surface area contributed by atoms with Crippen LogP contribution in [0.4, 0.5) is 11.4 Å². The Kier molecular flexibility index (Phi) is 4.97. The van der Waals surface area contributed by atoms with Crippen molar-refractivity contribution < 1.29 is 13.3 Å². The molecule has 0 saturated carbocycles. The Bertz CT molecular complexity index is 916. The van der Waals surface area contributed by atoms with Crippen LogP contribution in [0.5, 0.6) is 0 Å². The van der Waals surface area contributed by atoms with Gasteiger partial charge in [-0.2, -0.15) is 9.40 Å². The molecule has 1 aromatic carbocycles. The van der Waals surface area contributed by atoms with Crippen molar-refractivity contribution >= 4 is 21.4 Å². The fourth-order valence-electron chi connectivity index (χ4n) is 3.06. The highest BCUT2D eigenvalue weighted by Crippen LogP contribution is 2.28. The number of aryl methyl sites for hydroxylation is 2. The molecule has 0 amide bonds. The molecule has 1 aromatic heterocycles. The van der Waals surface area contributed by atoms with E-state index in [9.17, 15) is 18.5 Å². The van der Waals surface area contributed by atoms with Crippen molar-refractivity contribution in [3.05, 3.63) is 46.3 Å². The number of benzene rings is 1. The lowest BCUT2D eigenvalue weighted by Gasteiger charge is -2.31. The lowest BCUT2D eigenvalue weighted by molar-refractivity contribution is -0.384. The average molecular weight is 379 g/mol. The van der Waals surface area contributed by atoms with Crippen LogP contribution in [-0.2, 0) is 17.1 Å². The molecule has 0 spiro atoms. The lowest BCUT2D eigenvalue weighted by Crippen LogP contribution is -2.42. The summed E-state index contributed by atoms with van der Waals surface area (Å²) in [4.78, 5) is 11.0. The van der Waals surface area contributed by atoms with E-state index in [1.807, 2.05) is 6.07 Å². The molecule has 1 aliphatic heterocycles. The Hall–Kier alpha value is -2.46. The van der Waals surface area contributed by atoms with E-state index in [1.54, 1.807) is 20.0 Å². The highest BCUT2D eigenvalue weighted by molar-refractivity contribution is 7.89. The molecule has 1 aliphatic rings. The molecule has 0 radical (unpaired) electrons. The monoisotopic (exact) mass is 379 g/mol. The van der Waals surface area contributed by atoms with Crippen molar-refractivity contribution in [2.45, 2.75) is 30.7 Å². The van der Waals surface area contributed by atoms with Gasteiger partial charge in [0.25, 0.3) is 5.69 Å². The molecule has 1 fully saturated rings. The fourth-order valence-corrected chi connectivity index (χ4v) is 4.51. The van der Waals surface area contributed by atoms with Crippen LogP contribution in [-0.4, -0.2) is 46.6 Å². The fraction of sp³-hybridized carbons (Fsp3) is 0.438. The van der Waals surface area contributed by atoms with Crippen molar-refractivity contribution in [2.24, 2.45) is 7.05 Å². The normalized spacial score (nSPS) is 16.5. The van der Waals surface area contributed by atoms with E-state index in [1.165, 1.54) is 27.4 Å². The minimum absolute atomic E-state index is 0.0169. The summed E-state index contributed by atoms with van der Waals surface area (Å²) in [5.41, 5.74) is 1.32. The SMILES string of the molecule is Cc1ccc(NC2CCN(S(=O)(=O)c3cnn(C)c3)CC2)c([N+](=O)[O-])c1. The van der Waals surface area contributed by atoms with Gasteiger partial charge < -0.3 is 5.32 Å². The zero-order chi connectivity index (χ0) is 18.9. The molecule has 140 valence electrons. The summed E-state index contributed by atoms with van der Waals surface area (Å²) in [6.45, 7) is 2.52. The van der Waals surface area contributed by atoms with Gasteiger partial charge in [0.15, 0.2) is 0 Å². The van der Waals surface area contributed by atoms with E-state index in [-0.39, 0.29) is 16.6 Å². The van der Waals surface area contributed by atoms with E-state index >= 15 is 0 Å². The van der Waals surface area contributed by atoms with Gasteiger partial charge in [0.2, 0.25) is 10.0 Å². The maximum Gasteiger partial charge on any atom is 0.292 e. The summed E-state index contributed by atoms with van der Waals surface area (Å²) in [5.74, 6) is 0. The second kappa shape index (κ2) is 7.04. The van der Waals surface area contributed by atoms with E-state index < -0.39 is 14.9 Å². The second-order valence-corrected chi connectivity index (χ2v) is 8.39. The predicted molar refractivity (Wildman–Crippen MR) is 96.4 cm³/mol. The second-order valence-electron chi connectivity index (χ2n) is 6.45. The largest absolute Gasteiger partial charge is 0.377 e. The molecule has 1 saturated heterocycles. The predicted octanol–water partition coefficient (Wildman–Crippen LogP) is 1.90. The third kappa shape index (κ3) is 3.70. The molecule has 0 bridgehead atoms. The first-order valence-electron chi connectivity index (χ1n) is 8.28. The number of nitro groups is 1. The van der Waals surface area contributed by atoms with Crippen LogP contribution in [0.3, 0.4) is 0 Å². The molecule has 3 rings (SSSR count). The van der Waals surface area contributed by atoms with Crippen LogP contribution in [0.15, 0.2) is 35.5 Å². The van der Waals surface area contributed by atoms with Gasteiger partial charge in [0.05, 0.1) is 11.1 Å². The number of nitro benzene ring substituents is 1. The molecule has 2 heterocycles. The summed E-state index contributed by atoms with van der Waals surface area (Å²) in [5, 5.41) is 18.3. The summed E-state index contributed by atoms with van der Waals surface area (Å²) < 4.78 is 28.1. The van der Waals surface area contributed by atoms with Gasteiger partial charge in [0.1, 0.15) is 10.6 Å². The number of nitrogens with zero attached hydrogens (tertiary/aromatic N) is 4. The standard InChI is InChI=1S/C16H21N5O4S/c1-12-3-4-15(16(9-12)21(22)23)18-13-5-7-20(8-6-13)26(24,25)14-10-17-19(2)11-14/h3-4,9-11,13,18H,5-8H2,1-2H3. The van der Waals surface area contributed by atoms with Crippen molar-refractivity contribution in [3.63, 3.8) is 0 Å². The quantitative estimate of drug-likeness (QED) is 0.627. The number of sulfonamides is 1. The molecule has 2 aromatic rings. The van der Waals surface area contributed by atoms with Gasteiger partial charge in [-0.15, -0.1) is 0 Å². The summed E-state index contributed by atoms with van der Waals surface area (Å²) in [6, 6.07) is 5.03. The van der Waals surface area contributed by atoms with E-state index in [2.05, 4.69) is 10.4 Å². The van der Waals surface area contributed by atoms with Gasteiger partial charge in [-0.05, 0) is 31.4 Å². The number of piperidine rings is 1. The topological polar surface area (TPSA) is 110 Å². The molecular weight excluding hydrogens is 358 g/mol. The van der Waals surface area contributed by atoms with Crippen molar-refractivity contribution in [1.29, 1.82) is 0 Å². The zero-order valence-electron chi connectivity index (χ0n) is 14.6. The van der Waals surface area contributed by atoms with Crippen LogP contribution in [0.1, 0.15) is 18.4 Å². The molecule has 10 heteroatoms. The van der Waals surface area contributed by atoms with Gasteiger partial charge in [-0.3, -0.25) is 14.8 Å². The van der Waals surface area contributed by atoms with Gasteiger partial charge in [0, 0.05) is 38.4 Å². The van der Waals surface area contributed by atoms with E-state index in [4.69, 9.17) is 0 Å². The highest BCUT2D eigenvalue weighted by atomic mass is 32.2. The third-order valence-corrected chi connectivity index (χ3v) is 6.33. The van der Waals surface area contributed by atoms with Crippen molar-refractivity contribution in [3.8, 4) is 0 Å². The van der Waals surface area contributed by atoms with Crippen molar-refractivity contribution in [1.82, 2.24) is 14.1 Å². The van der Waals surface area contributed by atoms with Crippen LogP contribution < -0.4 is 5.32 Å². The zero-order valence-corrected chi connectivity index (χ0v) is 15.4. The van der Waals surface area contributed by atoms with Gasteiger partial charge in [-0.1, -0.05) is 6.07 Å². The Balaban J connectivity index is 1.67. The van der Waals surface area contributed by atoms with Crippen LogP contribution in [0, 0.1) is 17.0 Å². The molecule has 0 aliphatic carbocycles. The molecular formula is C16H21N5O4S. The van der Waals surface area contributed by atoms with Gasteiger partial charge in [-0.25, -0.2) is 8.42 Å². The number of anilines is 1. The third-order valence-electron chi connectivity index (χ3n) is 4.48. The maximum absolute atomic E-state index is 12.6. The van der Waals surface area contributed by atoms with E-state index in [0.717, 1.165) is 5.56 Å². The first-order valence-corrected chi connectivity index (χ1v) is 9.72. The number of nitrogens with one attached hydrogen (secondary N) is 1. The van der Waals surface area contributed by atoms with Gasteiger partial charge >= 0.3 is 0 Å². The molecule has 0 unspecified atom stereocenters. The Morgan fingerprint density at radius 2 is 2.00 bits per heavy atom. The molecule has 26 heavy (non-hydrogen) atoms. The lowest BCUT2D eigenvalue weighted by atomic mass is 10.1. The first-order chi connectivity index (χ1) is 12.3. The summed E-state index contributed by atoms with van der Waals surface area (Å²) in [6.07, 6.45) is 3.97. The number of hydrogen-bond acceptors (Lipinski definition) is 6. The maximum atomic E-state index is 12.6. The smallest absolute Gasteiger partial charge is 0.292 e. The van der Waals surface area contributed by atoms with Crippen molar-refractivity contribution in [2.75, 3.05) is 18.4 Å². The Morgan fingerprint density at radius 3 is 2.58 bits per heavy atom. The number of aromatic nitrogens is 2. The summed E-state index contributed by atoms with van der Waals surface area (Å²) in [7, 11) is -1.88. The van der Waals surface area contributed by atoms with Crippen LogP contribution in [0.2, 0.25) is 0 Å². The minimum Gasteiger partial charge on any atom is -0.377 e. The molecule has 1 N–H and O–H groups in total. The van der Waals surface area contributed by atoms with Crippen LogP contribution >= 0.6 is 0 Å². The molecule has 9 nitrogen and oxygen atoms in total. The molecule has 0 atom stereocenters. The number of rotatable bonds is 5. The summed E-state index contributed by atoms with van der Waals surface area (Å²) >= 11 is 0.